The van der Waals surface area contributed by atoms with Crippen molar-refractivity contribution < 1.29 is 14.6 Å². The Morgan fingerprint density at radius 1 is 1.00 bits per heavy atom. The van der Waals surface area contributed by atoms with Gasteiger partial charge in [0.25, 0.3) is 0 Å². The fourth-order valence-corrected chi connectivity index (χ4v) is 4.92. The molecule has 1 aliphatic heterocycles. The summed E-state index contributed by atoms with van der Waals surface area (Å²) in [6.07, 6.45) is 2.02. The van der Waals surface area contributed by atoms with Crippen molar-refractivity contribution in [2.45, 2.75) is 30.6 Å². The molecule has 0 aromatic heterocycles. The summed E-state index contributed by atoms with van der Waals surface area (Å²) in [6, 6.07) is 25.6. The van der Waals surface area contributed by atoms with Crippen molar-refractivity contribution in [2.24, 2.45) is 0 Å². The quantitative estimate of drug-likeness (QED) is 0.454. The van der Waals surface area contributed by atoms with Gasteiger partial charge in [-0.25, -0.2) is 0 Å². The SMILES string of the molecule is O=C(C[C@H](c1ccccc1)c1cc(Br)ccc1O)NCC1(c2ccccc2)CCOCC1. The average molecular weight is 494 g/mol. The molecule has 3 aromatic carbocycles. The van der Waals surface area contributed by atoms with Crippen LogP contribution in [0.4, 0.5) is 0 Å². The molecule has 1 saturated heterocycles. The van der Waals surface area contributed by atoms with Crippen molar-refractivity contribution in [3.05, 3.63) is 100 Å². The standard InChI is InChI=1S/C27H28BrNO3/c28-22-11-12-25(30)24(17-22)23(20-7-3-1-4-8-20)18-26(31)29-19-27(13-15-32-16-14-27)21-9-5-2-6-10-21/h1-12,17,23,30H,13-16,18-19H2,(H,29,31)/t23-/m1/s1. The van der Waals surface area contributed by atoms with Gasteiger partial charge in [0.2, 0.25) is 5.91 Å². The molecule has 4 rings (SSSR count). The molecule has 166 valence electrons. The van der Waals surface area contributed by atoms with E-state index in [1.165, 1.54) is 5.56 Å². The molecule has 0 unspecified atom stereocenters. The second kappa shape index (κ2) is 10.3. The van der Waals surface area contributed by atoms with Crippen molar-refractivity contribution in [2.75, 3.05) is 19.8 Å². The lowest BCUT2D eigenvalue weighted by Crippen LogP contribution is -2.44. The Morgan fingerprint density at radius 2 is 1.66 bits per heavy atom. The maximum Gasteiger partial charge on any atom is 0.220 e. The number of benzene rings is 3. The van der Waals surface area contributed by atoms with Crippen LogP contribution in [0.1, 0.15) is 41.9 Å². The number of aromatic hydroxyl groups is 1. The van der Waals surface area contributed by atoms with Gasteiger partial charge in [-0.05, 0) is 42.2 Å². The highest BCUT2D eigenvalue weighted by molar-refractivity contribution is 9.10. The van der Waals surface area contributed by atoms with Crippen LogP contribution in [0.2, 0.25) is 0 Å². The second-order valence-corrected chi connectivity index (χ2v) is 9.32. The lowest BCUT2D eigenvalue weighted by Gasteiger charge is -2.38. The number of hydrogen-bond acceptors (Lipinski definition) is 3. The third kappa shape index (κ3) is 5.22. The Kier molecular flexibility index (Phi) is 7.28. The Labute approximate surface area is 197 Å². The maximum atomic E-state index is 13.2. The molecule has 2 N–H and O–H groups in total. The number of nitrogens with one attached hydrogen (secondary N) is 1. The zero-order valence-corrected chi connectivity index (χ0v) is 19.6. The zero-order chi connectivity index (χ0) is 22.4. The second-order valence-electron chi connectivity index (χ2n) is 8.41. The minimum absolute atomic E-state index is 0.0278. The number of phenolic OH excluding ortho intramolecular Hbond substituents is 1. The molecular weight excluding hydrogens is 466 g/mol. The average Bonchev–Trinajstić information content (AvgIpc) is 2.84. The van der Waals surface area contributed by atoms with Crippen LogP contribution in [0, 0.1) is 0 Å². The van der Waals surface area contributed by atoms with Crippen LogP contribution in [0.3, 0.4) is 0 Å². The molecule has 1 atom stereocenters. The minimum Gasteiger partial charge on any atom is -0.508 e. The van der Waals surface area contributed by atoms with E-state index in [-0.39, 0.29) is 29.4 Å². The van der Waals surface area contributed by atoms with Crippen LogP contribution in [0.5, 0.6) is 5.75 Å². The Balaban J connectivity index is 1.54. The highest BCUT2D eigenvalue weighted by Crippen LogP contribution is 2.37. The van der Waals surface area contributed by atoms with Gasteiger partial charge in [-0.15, -0.1) is 0 Å². The number of halogens is 1. The topological polar surface area (TPSA) is 58.6 Å². The number of rotatable bonds is 7. The third-order valence-corrected chi connectivity index (χ3v) is 6.91. The van der Waals surface area contributed by atoms with Crippen molar-refractivity contribution >= 4 is 21.8 Å². The molecule has 1 amide bonds. The van der Waals surface area contributed by atoms with E-state index in [9.17, 15) is 9.90 Å². The van der Waals surface area contributed by atoms with Crippen molar-refractivity contribution in [3.8, 4) is 5.75 Å². The fourth-order valence-electron chi connectivity index (χ4n) is 4.54. The first-order valence-corrected chi connectivity index (χ1v) is 11.8. The molecule has 3 aromatic rings. The van der Waals surface area contributed by atoms with E-state index in [0.29, 0.717) is 19.8 Å². The molecule has 0 radical (unpaired) electrons. The van der Waals surface area contributed by atoms with E-state index in [0.717, 1.165) is 28.4 Å². The summed E-state index contributed by atoms with van der Waals surface area (Å²) < 4.78 is 6.48. The fraction of sp³-hybridized carbons (Fsp3) is 0.296. The van der Waals surface area contributed by atoms with E-state index in [2.05, 4.69) is 45.5 Å². The monoisotopic (exact) mass is 493 g/mol. The molecule has 32 heavy (non-hydrogen) atoms. The molecule has 1 aliphatic rings. The first kappa shape index (κ1) is 22.6. The Hall–Kier alpha value is -2.63. The summed E-state index contributed by atoms with van der Waals surface area (Å²) >= 11 is 3.50. The summed E-state index contributed by atoms with van der Waals surface area (Å²) in [4.78, 5) is 13.2. The highest BCUT2D eigenvalue weighted by atomic mass is 79.9. The number of carbonyl (C=O) groups excluding carboxylic acids is 1. The number of carbonyl (C=O) groups is 1. The van der Waals surface area contributed by atoms with Crippen molar-refractivity contribution in [1.29, 1.82) is 0 Å². The first-order valence-electron chi connectivity index (χ1n) is 11.0. The molecule has 1 fully saturated rings. The van der Waals surface area contributed by atoms with Gasteiger partial charge in [0.05, 0.1) is 0 Å². The predicted molar refractivity (Wildman–Crippen MR) is 130 cm³/mol. The molecule has 5 heteroatoms. The van der Waals surface area contributed by atoms with Gasteiger partial charge in [0.15, 0.2) is 0 Å². The van der Waals surface area contributed by atoms with Crippen molar-refractivity contribution in [1.82, 2.24) is 5.32 Å². The first-order chi connectivity index (χ1) is 15.6. The molecule has 0 spiro atoms. The van der Waals surface area contributed by atoms with Gasteiger partial charge in [-0.2, -0.15) is 0 Å². The molecular formula is C27H28BrNO3. The smallest absolute Gasteiger partial charge is 0.220 e. The molecule has 0 bridgehead atoms. The molecule has 4 nitrogen and oxygen atoms in total. The van der Waals surface area contributed by atoms with Crippen LogP contribution in [0.15, 0.2) is 83.3 Å². The largest absolute Gasteiger partial charge is 0.508 e. The zero-order valence-electron chi connectivity index (χ0n) is 18.0. The molecule has 0 saturated carbocycles. The van der Waals surface area contributed by atoms with Gasteiger partial charge < -0.3 is 15.2 Å². The Morgan fingerprint density at radius 3 is 2.34 bits per heavy atom. The maximum absolute atomic E-state index is 13.2. The van der Waals surface area contributed by atoms with Crippen LogP contribution < -0.4 is 5.32 Å². The van der Waals surface area contributed by atoms with E-state index >= 15 is 0 Å². The number of hydrogen-bond donors (Lipinski definition) is 2. The van der Waals surface area contributed by atoms with Crippen LogP contribution in [0.25, 0.3) is 0 Å². The predicted octanol–water partition coefficient (Wildman–Crippen LogP) is 5.54. The Bertz CT molecular complexity index is 1030. The van der Waals surface area contributed by atoms with Crippen LogP contribution in [-0.4, -0.2) is 30.8 Å². The summed E-state index contributed by atoms with van der Waals surface area (Å²) in [5, 5.41) is 13.7. The van der Waals surface area contributed by atoms with E-state index < -0.39 is 0 Å². The summed E-state index contributed by atoms with van der Waals surface area (Å²) in [5.74, 6) is -0.0730. The van der Waals surface area contributed by atoms with Crippen LogP contribution >= 0.6 is 15.9 Å². The van der Waals surface area contributed by atoms with E-state index in [4.69, 9.17) is 4.74 Å². The van der Waals surface area contributed by atoms with Gasteiger partial charge in [-0.1, -0.05) is 76.6 Å². The normalized spacial score (nSPS) is 16.3. The summed E-state index contributed by atoms with van der Waals surface area (Å²) in [6.45, 7) is 1.97. The molecule has 0 aliphatic carbocycles. The molecule has 1 heterocycles. The number of amides is 1. The van der Waals surface area contributed by atoms with Crippen molar-refractivity contribution in [3.63, 3.8) is 0 Å². The van der Waals surface area contributed by atoms with E-state index in [1.807, 2.05) is 42.5 Å². The lowest BCUT2D eigenvalue weighted by atomic mass is 9.74. The third-order valence-electron chi connectivity index (χ3n) is 6.42. The van der Waals surface area contributed by atoms with Gasteiger partial charge in [0.1, 0.15) is 5.75 Å². The highest BCUT2D eigenvalue weighted by Gasteiger charge is 2.35. The number of phenols is 1. The van der Waals surface area contributed by atoms with Gasteiger partial charge in [-0.3, -0.25) is 4.79 Å². The lowest BCUT2D eigenvalue weighted by molar-refractivity contribution is -0.121. The van der Waals surface area contributed by atoms with Gasteiger partial charge >= 0.3 is 0 Å². The summed E-state index contributed by atoms with van der Waals surface area (Å²) in [7, 11) is 0. The van der Waals surface area contributed by atoms with E-state index in [1.54, 1.807) is 12.1 Å². The summed E-state index contributed by atoms with van der Waals surface area (Å²) in [5.41, 5.74) is 2.87. The number of ether oxygens (including phenoxy) is 1. The van der Waals surface area contributed by atoms with Gasteiger partial charge in [0, 0.05) is 47.5 Å². The minimum atomic E-state index is -0.240. The van der Waals surface area contributed by atoms with Crippen LogP contribution in [-0.2, 0) is 14.9 Å².